The van der Waals surface area contributed by atoms with Crippen LogP contribution in [0.5, 0.6) is 0 Å². The van der Waals surface area contributed by atoms with Crippen molar-refractivity contribution < 1.29 is 0 Å². The molecule has 432 valence electrons. The molecule has 0 bridgehead atoms. The highest BCUT2D eigenvalue weighted by Crippen LogP contribution is 2.55. The van der Waals surface area contributed by atoms with Crippen molar-refractivity contribution in [3.63, 3.8) is 0 Å². The number of para-hydroxylation sites is 1. The van der Waals surface area contributed by atoms with Crippen molar-refractivity contribution in [2.75, 3.05) is 0 Å². The van der Waals surface area contributed by atoms with Crippen molar-refractivity contribution in [2.24, 2.45) is 0 Å². The average Bonchev–Trinajstić information content (AvgIpc) is 1.60. The third-order valence-electron chi connectivity index (χ3n) is 18.0. The van der Waals surface area contributed by atoms with Gasteiger partial charge in [-0.3, -0.25) is 0 Å². The summed E-state index contributed by atoms with van der Waals surface area (Å²) >= 11 is 1.48. The van der Waals surface area contributed by atoms with E-state index in [1.165, 1.54) is 11.3 Å². The Labute approximate surface area is 543 Å². The largest absolute Gasteiger partial charge is 0.306 e. The second kappa shape index (κ2) is 21.1. The lowest BCUT2D eigenvalue weighted by Crippen LogP contribution is -2.16. The molecular weight excluding hydrogens is 1190 g/mol. The van der Waals surface area contributed by atoms with Crippen LogP contribution in [0.2, 0.25) is 0 Å². The zero-order valence-electron chi connectivity index (χ0n) is 49.5. The maximum absolute atomic E-state index is 10.7. The summed E-state index contributed by atoms with van der Waals surface area (Å²) in [5, 5.41) is 91.8. The molecule has 0 radical (unpaired) electrons. The van der Waals surface area contributed by atoms with Crippen LogP contribution >= 0.6 is 11.3 Å². The molecule has 0 atom stereocenters. The van der Waals surface area contributed by atoms with E-state index in [9.17, 15) is 42.1 Å². The van der Waals surface area contributed by atoms with Gasteiger partial charge in [0.15, 0.2) is 0 Å². The highest BCUT2D eigenvalue weighted by molar-refractivity contribution is 7.21. The van der Waals surface area contributed by atoms with E-state index in [1.807, 2.05) is 170 Å². The smallest absolute Gasteiger partial charge is 0.129 e. The summed E-state index contributed by atoms with van der Waals surface area (Å²) in [6, 6.07) is 87.2. The maximum atomic E-state index is 10.7. The van der Waals surface area contributed by atoms with Crippen LogP contribution in [0.4, 0.5) is 0 Å². The molecule has 11 aromatic carbocycles. The summed E-state index contributed by atoms with van der Waals surface area (Å²) in [4.78, 5) is 11.6. The number of thiazole rings is 1. The lowest BCUT2D eigenvalue weighted by atomic mass is 9.94. The average molecular weight is 1230 g/mol. The number of pyridine rings is 1. The fourth-order valence-electron chi connectivity index (χ4n) is 13.9. The van der Waals surface area contributed by atoms with Gasteiger partial charge in [-0.05, 0) is 170 Å². The standard InChI is InChI=1S/C80H36N14S/c81-37-45-13-21-65-54(29-45)55-30-46(38-82)14-22-66(55)91(65)76-74(64-11-6-10-62(89-64)53-7-2-1-3-8-53)77(92-67-23-15-47(39-83)31-56(67)57-32-48(40-84)16-24-68(57)92)79(94-71-27-19-51(43-87)35-60(71)61-36-52(44-88)20-28-72(61)94)75(80-90-63-9-4-5-12-73(63)95-80)78(76)93-69-25-17-49(41-85)33-58(69)59-34-50(42-86)18-26-70(59)93/h1-36H. The van der Waals surface area contributed by atoms with Gasteiger partial charge in [-0.25, -0.2) is 9.97 Å². The van der Waals surface area contributed by atoms with Crippen molar-refractivity contribution in [3.05, 3.63) is 263 Å². The van der Waals surface area contributed by atoms with Gasteiger partial charge in [0.1, 0.15) is 5.01 Å². The van der Waals surface area contributed by atoms with Gasteiger partial charge in [0.2, 0.25) is 0 Å². The van der Waals surface area contributed by atoms with Crippen LogP contribution in [0, 0.1) is 90.6 Å². The van der Waals surface area contributed by atoms with Gasteiger partial charge in [0.25, 0.3) is 0 Å². The fraction of sp³-hybridized carbons (Fsp3) is 0. The summed E-state index contributed by atoms with van der Waals surface area (Å²) in [5.41, 5.74) is 14.2. The zero-order valence-corrected chi connectivity index (χ0v) is 50.3. The molecule has 0 fully saturated rings. The van der Waals surface area contributed by atoms with Gasteiger partial charge >= 0.3 is 0 Å². The third kappa shape index (κ3) is 8.14. The van der Waals surface area contributed by atoms with Crippen molar-refractivity contribution in [1.82, 2.24) is 28.2 Å². The molecule has 0 saturated carbocycles. The minimum absolute atomic E-state index is 0.385. The van der Waals surface area contributed by atoms with Crippen LogP contribution < -0.4 is 0 Å². The topological polar surface area (TPSA) is 236 Å². The predicted molar refractivity (Wildman–Crippen MR) is 369 cm³/mol. The minimum Gasteiger partial charge on any atom is -0.306 e. The SMILES string of the molecule is N#Cc1ccc2c(c1)c1cc(C#N)ccc1n2-c1c(-c2cccc(-c3ccccc3)n2)c(-n2c3ccc(C#N)cc3c3cc(C#N)ccc32)c(-n2c3ccc(C#N)cc3c3cc(C#N)ccc32)c(-c2nc3ccccc3s2)c1-n1c2ccc(C#N)cc2c2cc(C#N)ccc21. The molecule has 0 saturated heterocycles. The molecule has 0 aliphatic carbocycles. The molecule has 95 heavy (non-hydrogen) atoms. The van der Waals surface area contributed by atoms with Gasteiger partial charge in [-0.2, -0.15) is 42.1 Å². The van der Waals surface area contributed by atoms with Gasteiger partial charge in [0, 0.05) is 48.7 Å². The molecule has 14 nitrogen and oxygen atoms in total. The van der Waals surface area contributed by atoms with Crippen LogP contribution in [0.3, 0.4) is 0 Å². The first-order valence-electron chi connectivity index (χ1n) is 29.9. The number of hydrogen-bond donors (Lipinski definition) is 0. The second-order valence-electron chi connectivity index (χ2n) is 23.0. The molecule has 0 unspecified atom stereocenters. The second-order valence-corrected chi connectivity index (χ2v) is 24.0. The Balaban J connectivity index is 1.27. The quantitative estimate of drug-likeness (QED) is 0.146. The van der Waals surface area contributed by atoms with Gasteiger partial charge in [-0.15, -0.1) is 11.3 Å². The maximum Gasteiger partial charge on any atom is 0.129 e. The van der Waals surface area contributed by atoms with Gasteiger partial charge in [-0.1, -0.05) is 48.5 Å². The molecular formula is C80H36N14S. The number of rotatable bonds is 7. The summed E-state index contributed by atoms with van der Waals surface area (Å²) in [5.74, 6) is 0. The van der Waals surface area contributed by atoms with Crippen molar-refractivity contribution >= 4 is 109 Å². The van der Waals surface area contributed by atoms with E-state index in [0.29, 0.717) is 188 Å². The van der Waals surface area contributed by atoms with E-state index < -0.39 is 0 Å². The van der Waals surface area contributed by atoms with Gasteiger partial charge in [0.05, 0.1) is 193 Å². The molecule has 17 aromatic rings. The number of nitriles is 8. The third-order valence-corrected chi connectivity index (χ3v) is 19.0. The van der Waals surface area contributed by atoms with Crippen LogP contribution in [-0.2, 0) is 0 Å². The van der Waals surface area contributed by atoms with E-state index in [2.05, 4.69) is 66.8 Å². The number of fused-ring (bicyclic) bond motifs is 13. The fourth-order valence-corrected chi connectivity index (χ4v) is 15.0. The first-order chi connectivity index (χ1) is 46.7. The molecule has 17 rings (SSSR count). The summed E-state index contributed by atoms with van der Waals surface area (Å²) in [6.07, 6.45) is 0. The Kier molecular flexibility index (Phi) is 12.2. The van der Waals surface area contributed by atoms with Crippen molar-refractivity contribution in [1.29, 1.82) is 42.1 Å². The summed E-state index contributed by atoms with van der Waals surface area (Å²) in [7, 11) is 0. The number of hydrogen-bond acceptors (Lipinski definition) is 11. The Bertz CT molecular complexity index is 6070. The summed E-state index contributed by atoms with van der Waals surface area (Å²) < 4.78 is 9.60. The Morgan fingerprint density at radius 3 is 0.853 bits per heavy atom. The first kappa shape index (κ1) is 54.7. The van der Waals surface area contributed by atoms with E-state index in [-0.39, 0.29) is 0 Å². The molecule has 0 amide bonds. The number of benzene rings is 11. The van der Waals surface area contributed by atoms with Crippen LogP contribution in [0.25, 0.3) is 153 Å². The highest BCUT2D eigenvalue weighted by Gasteiger charge is 2.37. The predicted octanol–water partition coefficient (Wildman–Crippen LogP) is 18.1. The molecule has 0 N–H and O–H groups in total. The number of nitrogens with zero attached hydrogens (tertiary/aromatic N) is 14. The van der Waals surface area contributed by atoms with E-state index in [4.69, 9.17) is 9.97 Å². The molecule has 0 aliphatic rings. The van der Waals surface area contributed by atoms with Crippen LogP contribution in [0.15, 0.2) is 218 Å². The lowest BCUT2D eigenvalue weighted by molar-refractivity contribution is 1.04. The molecule has 0 spiro atoms. The lowest BCUT2D eigenvalue weighted by Gasteiger charge is -2.30. The highest BCUT2D eigenvalue weighted by atomic mass is 32.1. The summed E-state index contributed by atoms with van der Waals surface area (Å²) in [6.45, 7) is 0. The Morgan fingerprint density at radius 2 is 0.547 bits per heavy atom. The van der Waals surface area contributed by atoms with Crippen LogP contribution in [-0.4, -0.2) is 28.2 Å². The molecule has 0 aliphatic heterocycles. The Morgan fingerprint density at radius 1 is 0.263 bits per heavy atom. The molecule has 6 aromatic heterocycles. The number of aromatic nitrogens is 6. The van der Waals surface area contributed by atoms with E-state index in [0.717, 1.165) is 10.3 Å². The monoisotopic (exact) mass is 1220 g/mol. The zero-order chi connectivity index (χ0) is 64.3. The van der Waals surface area contributed by atoms with Crippen LogP contribution in [0.1, 0.15) is 44.5 Å². The molecule has 15 heteroatoms. The van der Waals surface area contributed by atoms with Crippen molar-refractivity contribution in [3.8, 4) is 104 Å². The Hall–Kier alpha value is -14.4. The first-order valence-corrected chi connectivity index (χ1v) is 30.7. The minimum atomic E-state index is 0.385. The normalized spacial score (nSPS) is 11.3. The van der Waals surface area contributed by atoms with E-state index >= 15 is 0 Å². The van der Waals surface area contributed by atoms with E-state index in [1.54, 1.807) is 48.5 Å². The van der Waals surface area contributed by atoms with Crippen molar-refractivity contribution in [2.45, 2.75) is 0 Å². The van der Waals surface area contributed by atoms with Gasteiger partial charge < -0.3 is 18.3 Å². The molecule has 6 heterocycles.